The number of anilines is 1. The third kappa shape index (κ3) is 11.8. The van der Waals surface area contributed by atoms with Crippen LogP contribution in [0.15, 0.2) is 102 Å². The Hall–Kier alpha value is -3.58. The summed E-state index contributed by atoms with van der Waals surface area (Å²) in [6, 6.07) is 26.3. The Bertz CT molecular complexity index is 2830. The zero-order valence-electron chi connectivity index (χ0n) is 29.7. The van der Waals surface area contributed by atoms with E-state index in [4.69, 9.17) is 28.6 Å². The van der Waals surface area contributed by atoms with Crippen LogP contribution < -0.4 is 43.8 Å². The number of benzene rings is 4. The van der Waals surface area contributed by atoms with Crippen LogP contribution >= 0.6 is 35.2 Å². The minimum Gasteiger partial charge on any atom is -0.748 e. The molecule has 1 N–H and O–H groups in total. The van der Waals surface area contributed by atoms with Gasteiger partial charge >= 0.3 is 29.6 Å². The molecule has 6 aromatic rings. The second-order valence-corrected chi connectivity index (χ2v) is 18.4. The SMILES string of the molecule is O=S(=O)([O-])CCCN1/C(=C/c2sc3ccc(Cl)cc3[n+]2CCCS(=O)(=O)[O-])Oc2ccc(-c3ccccc3)cc21.O=S(=O)([O-])c1cccc(-n2[nH]nnc2=S)c1.[Na+]. The Kier molecular flexibility index (Phi) is 14.5. The fraction of sp³-hybridized carbons (Fsp3) is 0.176. The first kappa shape index (κ1) is 44.5. The number of fused-ring (bicyclic) bond motifs is 2. The van der Waals surface area contributed by atoms with Crippen LogP contribution in [0.25, 0.3) is 33.1 Å². The molecule has 0 radical (unpaired) electrons. The number of aromatic nitrogens is 5. The molecule has 0 atom stereocenters. The molecule has 0 amide bonds. The molecular formula is C34H29ClN6NaO10S5-. The maximum absolute atomic E-state index is 11.3. The first-order chi connectivity index (χ1) is 26.4. The topological polar surface area (TPSA) is 234 Å². The van der Waals surface area contributed by atoms with Gasteiger partial charge in [-0.1, -0.05) is 75.7 Å². The maximum atomic E-state index is 11.3. The van der Waals surface area contributed by atoms with Crippen LogP contribution in [0.2, 0.25) is 5.02 Å². The number of hydrogen-bond acceptors (Lipinski definition) is 15. The quantitative estimate of drug-likeness (QED) is 0.0799. The van der Waals surface area contributed by atoms with Gasteiger partial charge in [0.1, 0.15) is 14.8 Å². The van der Waals surface area contributed by atoms with Gasteiger partial charge in [-0.05, 0) is 72.2 Å². The van der Waals surface area contributed by atoms with Gasteiger partial charge in [-0.15, -0.1) is 0 Å². The molecule has 0 fully saturated rings. The van der Waals surface area contributed by atoms with Crippen LogP contribution in [0.5, 0.6) is 5.75 Å². The molecule has 1 aliphatic heterocycles. The predicted octanol–water partition coefficient (Wildman–Crippen LogP) is 1.81. The van der Waals surface area contributed by atoms with Gasteiger partial charge in [-0.3, -0.25) is 0 Å². The number of nitrogens with one attached hydrogen (secondary N) is 1. The van der Waals surface area contributed by atoms with Crippen LogP contribution in [0, 0.1) is 4.77 Å². The van der Waals surface area contributed by atoms with Crippen molar-refractivity contribution in [1.29, 1.82) is 0 Å². The molecule has 4 aromatic carbocycles. The van der Waals surface area contributed by atoms with Gasteiger partial charge in [-0.25, -0.2) is 29.9 Å². The Balaban J connectivity index is 0.000000305. The molecule has 0 saturated carbocycles. The van der Waals surface area contributed by atoms with Crippen molar-refractivity contribution in [3.63, 3.8) is 0 Å². The van der Waals surface area contributed by atoms with Crippen molar-refractivity contribution in [3.05, 3.63) is 112 Å². The van der Waals surface area contributed by atoms with E-state index in [1.165, 1.54) is 34.2 Å². The number of rotatable bonds is 12. The number of ether oxygens (including phenoxy) is 1. The molecule has 0 unspecified atom stereocenters. The molecule has 1 aliphatic rings. The predicted molar refractivity (Wildman–Crippen MR) is 208 cm³/mol. The third-order valence-electron chi connectivity index (χ3n) is 8.16. The van der Waals surface area contributed by atoms with Gasteiger partial charge in [0.15, 0.2) is 12.3 Å². The smallest absolute Gasteiger partial charge is 0.748 e. The van der Waals surface area contributed by atoms with Crippen molar-refractivity contribution >= 4 is 87.5 Å². The van der Waals surface area contributed by atoms with Crippen molar-refractivity contribution in [1.82, 2.24) is 20.2 Å². The van der Waals surface area contributed by atoms with Crippen LogP contribution in [-0.2, 0) is 36.9 Å². The minimum atomic E-state index is -4.48. The van der Waals surface area contributed by atoms with Crippen molar-refractivity contribution in [2.24, 2.45) is 0 Å². The number of thiazole rings is 1. The van der Waals surface area contributed by atoms with Gasteiger partial charge < -0.3 is 23.3 Å². The summed E-state index contributed by atoms with van der Waals surface area (Å²) in [6.45, 7) is 0.462. The summed E-state index contributed by atoms with van der Waals surface area (Å²) in [7, 11) is -13.3. The van der Waals surface area contributed by atoms with E-state index >= 15 is 0 Å². The first-order valence-electron chi connectivity index (χ1n) is 16.4. The molecule has 294 valence electrons. The zero-order valence-corrected chi connectivity index (χ0v) is 36.6. The first-order valence-corrected chi connectivity index (χ1v) is 22.5. The molecule has 7 rings (SSSR count). The monoisotopic (exact) mass is 899 g/mol. The molecule has 23 heteroatoms. The number of halogens is 1. The average Bonchev–Trinajstić information content (AvgIpc) is 3.82. The summed E-state index contributed by atoms with van der Waals surface area (Å²) in [6.07, 6.45) is 1.99. The number of tetrazole rings is 1. The van der Waals surface area contributed by atoms with Crippen LogP contribution in [0.4, 0.5) is 5.69 Å². The van der Waals surface area contributed by atoms with E-state index in [1.807, 2.05) is 64.1 Å². The molecule has 2 aromatic heterocycles. The van der Waals surface area contributed by atoms with Crippen molar-refractivity contribution in [2.75, 3.05) is 23.0 Å². The minimum absolute atomic E-state index is 0. The van der Waals surface area contributed by atoms with E-state index in [0.717, 1.165) is 27.0 Å². The second-order valence-electron chi connectivity index (χ2n) is 12.1. The Labute approximate surface area is 363 Å². The maximum Gasteiger partial charge on any atom is 1.00 e. The van der Waals surface area contributed by atoms with Gasteiger partial charge in [0, 0.05) is 35.6 Å². The summed E-state index contributed by atoms with van der Waals surface area (Å²) in [4.78, 5) is 1.50. The van der Waals surface area contributed by atoms with Crippen molar-refractivity contribution < 1.29 is 77.8 Å². The van der Waals surface area contributed by atoms with Gasteiger partial charge in [-0.2, -0.15) is 9.78 Å². The van der Waals surface area contributed by atoms with Gasteiger partial charge in [0.25, 0.3) is 5.01 Å². The molecule has 0 spiro atoms. The van der Waals surface area contributed by atoms with E-state index in [0.29, 0.717) is 27.4 Å². The third-order valence-corrected chi connectivity index (χ3v) is 12.2. The fourth-order valence-corrected chi connectivity index (χ4v) is 8.63. The van der Waals surface area contributed by atoms with Gasteiger partial charge in [0.2, 0.25) is 16.2 Å². The van der Waals surface area contributed by atoms with Crippen LogP contribution in [0.3, 0.4) is 0 Å². The molecule has 0 aliphatic carbocycles. The van der Waals surface area contributed by atoms with E-state index in [-0.39, 0.29) is 65.2 Å². The number of aryl methyl sites for hydroxylation is 1. The molecule has 0 bridgehead atoms. The Morgan fingerprint density at radius 2 is 1.58 bits per heavy atom. The van der Waals surface area contributed by atoms with E-state index in [2.05, 4.69) is 15.5 Å². The molecule has 57 heavy (non-hydrogen) atoms. The molecule has 0 saturated heterocycles. The molecule has 16 nitrogen and oxygen atoms in total. The summed E-state index contributed by atoms with van der Waals surface area (Å²) < 4.78 is 110. The van der Waals surface area contributed by atoms with Crippen LogP contribution in [-0.4, -0.2) is 77.2 Å². The average molecular weight is 900 g/mol. The van der Waals surface area contributed by atoms with Crippen molar-refractivity contribution in [3.8, 4) is 22.6 Å². The number of nitrogens with zero attached hydrogens (tertiary/aromatic N) is 5. The van der Waals surface area contributed by atoms with E-state index in [9.17, 15) is 38.9 Å². The number of H-pyrrole nitrogens is 1. The molecular weight excluding hydrogens is 871 g/mol. The van der Waals surface area contributed by atoms with Crippen molar-refractivity contribution in [2.45, 2.75) is 24.3 Å². The van der Waals surface area contributed by atoms with E-state index in [1.54, 1.807) is 24.3 Å². The van der Waals surface area contributed by atoms with Gasteiger partial charge in [0.05, 0.1) is 42.6 Å². The molecule has 3 heterocycles. The summed E-state index contributed by atoms with van der Waals surface area (Å²) in [5, 5.41) is 10.7. The number of aromatic amines is 1. The summed E-state index contributed by atoms with van der Waals surface area (Å²) in [5.41, 5.74) is 3.82. The second kappa shape index (κ2) is 18.6. The summed E-state index contributed by atoms with van der Waals surface area (Å²) >= 11 is 12.5. The standard InChI is InChI=1S/C27H25ClN2O7S3.C7H6N4O3S2.Na/c28-21-9-11-25-23(17-21)30(13-5-15-40(34,35)36)27(38-25)18-26-29(12-4-14-39(31,32)33)22-16-20(8-10-24(22)37-26)19-6-2-1-3-7-19;12-16(13,14)6-3-1-2-5(4-6)11-7(15)8-9-10-11;/h1-3,6-11,16-18H,4-5,12-15H2,(H-,31,32,33,34,35,36);1-4H,(H,8,10,15)(H,12,13,14);/q;;+1/p-2. The van der Waals surface area contributed by atoms with E-state index < -0.39 is 41.9 Å². The number of hydrogen-bond donors (Lipinski definition) is 1. The Morgan fingerprint density at radius 3 is 2.25 bits per heavy atom. The fourth-order valence-electron chi connectivity index (χ4n) is 5.71. The zero-order chi connectivity index (χ0) is 40.3. The normalized spacial score (nSPS) is 13.5. The largest absolute Gasteiger partial charge is 1.00 e. The summed E-state index contributed by atoms with van der Waals surface area (Å²) in [5.74, 6) is -0.0286. The van der Waals surface area contributed by atoms with Crippen LogP contribution in [0.1, 0.15) is 17.8 Å². The Morgan fingerprint density at radius 1 is 0.860 bits per heavy atom.